The van der Waals surface area contributed by atoms with Crippen molar-refractivity contribution in [1.29, 1.82) is 0 Å². The molecule has 2 aromatic carbocycles. The van der Waals surface area contributed by atoms with Gasteiger partial charge in [-0.2, -0.15) is 0 Å². The molecule has 0 spiro atoms. The van der Waals surface area contributed by atoms with Crippen molar-refractivity contribution in [2.24, 2.45) is 0 Å². The molecule has 7 nitrogen and oxygen atoms in total. The molecule has 0 radical (unpaired) electrons. The summed E-state index contributed by atoms with van der Waals surface area (Å²) < 4.78 is 16.0. The van der Waals surface area contributed by atoms with E-state index in [4.69, 9.17) is 14.2 Å². The van der Waals surface area contributed by atoms with Crippen molar-refractivity contribution in [3.05, 3.63) is 72.0 Å². The highest BCUT2D eigenvalue weighted by Gasteiger charge is 2.19. The van der Waals surface area contributed by atoms with E-state index in [1.807, 2.05) is 19.9 Å². The van der Waals surface area contributed by atoms with E-state index in [9.17, 15) is 14.4 Å². The highest BCUT2D eigenvalue weighted by atomic mass is 16.6. The molecular weight excluding hydrogens is 410 g/mol. The molecule has 0 saturated carbocycles. The quantitative estimate of drug-likeness (QED) is 0.219. The summed E-state index contributed by atoms with van der Waals surface area (Å²) in [5, 5.41) is 2.76. The summed E-state index contributed by atoms with van der Waals surface area (Å²) >= 11 is 0. The van der Waals surface area contributed by atoms with Crippen LogP contribution in [0.3, 0.4) is 0 Å². The fourth-order valence-electron chi connectivity index (χ4n) is 2.54. The van der Waals surface area contributed by atoms with Gasteiger partial charge in [0.1, 0.15) is 0 Å². The lowest BCUT2D eigenvalue weighted by atomic mass is 10.2. The highest BCUT2D eigenvalue weighted by Crippen LogP contribution is 2.27. The second kappa shape index (κ2) is 13.6. The number of ether oxygens (including phenoxy) is 3. The normalized spacial score (nSPS) is 10.9. The molecule has 0 aliphatic carbocycles. The number of nitrogens with one attached hydrogen (secondary N) is 1. The zero-order valence-electron chi connectivity index (χ0n) is 18.5. The van der Waals surface area contributed by atoms with Crippen LogP contribution >= 0.6 is 0 Å². The largest absolute Gasteiger partial charge is 0.462 e. The molecule has 0 aliphatic heterocycles. The first-order valence-electron chi connectivity index (χ1n) is 10.7. The van der Waals surface area contributed by atoms with Gasteiger partial charge in [0, 0.05) is 5.56 Å². The highest BCUT2D eigenvalue weighted by molar-refractivity contribution is 6.05. The van der Waals surface area contributed by atoms with Crippen LogP contribution in [0.5, 0.6) is 5.75 Å². The Balaban J connectivity index is 2.21. The standard InChI is InChI=1S/C25H29NO6/c1-3-5-16-30-23(27)18-22(25(29)31-17-6-4-2)32-21-15-11-10-14-20(21)26-24(28)19-12-8-7-9-13-19/h7-15,18H,3-6,16-17H2,1-2H3,(H,26,28)/b22-18+. The molecule has 7 heteroatoms. The minimum Gasteiger partial charge on any atom is -0.462 e. The van der Waals surface area contributed by atoms with Crippen molar-refractivity contribution >= 4 is 23.5 Å². The van der Waals surface area contributed by atoms with Gasteiger partial charge in [0.05, 0.1) is 25.0 Å². The summed E-state index contributed by atoms with van der Waals surface area (Å²) in [4.78, 5) is 37.2. The molecule has 0 heterocycles. The van der Waals surface area contributed by atoms with Crippen molar-refractivity contribution in [2.75, 3.05) is 18.5 Å². The Bertz CT molecular complexity index is 923. The first-order valence-corrected chi connectivity index (χ1v) is 10.7. The van der Waals surface area contributed by atoms with Gasteiger partial charge in [-0.15, -0.1) is 0 Å². The Kier molecular flexibility index (Phi) is 10.5. The zero-order chi connectivity index (χ0) is 23.2. The van der Waals surface area contributed by atoms with Gasteiger partial charge in [0.25, 0.3) is 5.91 Å². The lowest BCUT2D eigenvalue weighted by molar-refractivity contribution is -0.143. The van der Waals surface area contributed by atoms with Crippen molar-refractivity contribution in [3.8, 4) is 5.75 Å². The molecule has 0 atom stereocenters. The van der Waals surface area contributed by atoms with Gasteiger partial charge in [-0.1, -0.05) is 57.0 Å². The van der Waals surface area contributed by atoms with Crippen LogP contribution in [0.25, 0.3) is 0 Å². The van der Waals surface area contributed by atoms with Crippen LogP contribution in [0.4, 0.5) is 5.69 Å². The van der Waals surface area contributed by atoms with Crippen molar-refractivity contribution in [1.82, 2.24) is 0 Å². The molecule has 0 unspecified atom stereocenters. The molecule has 1 amide bonds. The third-order valence-corrected chi connectivity index (χ3v) is 4.31. The topological polar surface area (TPSA) is 90.9 Å². The molecule has 2 aromatic rings. The predicted molar refractivity (Wildman–Crippen MR) is 121 cm³/mol. The Morgan fingerprint density at radius 1 is 0.844 bits per heavy atom. The van der Waals surface area contributed by atoms with Gasteiger partial charge in [0.15, 0.2) is 5.75 Å². The number of hydrogen-bond acceptors (Lipinski definition) is 6. The van der Waals surface area contributed by atoms with E-state index in [-0.39, 0.29) is 30.6 Å². The second-order valence-electron chi connectivity index (χ2n) is 6.94. The number of carbonyl (C=O) groups excluding carboxylic acids is 3. The second-order valence-corrected chi connectivity index (χ2v) is 6.94. The fourth-order valence-corrected chi connectivity index (χ4v) is 2.54. The van der Waals surface area contributed by atoms with Crippen LogP contribution in [0.15, 0.2) is 66.4 Å². The van der Waals surface area contributed by atoms with Crippen LogP contribution in [0.1, 0.15) is 49.9 Å². The van der Waals surface area contributed by atoms with Gasteiger partial charge in [-0.05, 0) is 37.1 Å². The summed E-state index contributed by atoms with van der Waals surface area (Å²) in [7, 11) is 0. The van der Waals surface area contributed by atoms with Gasteiger partial charge >= 0.3 is 11.9 Å². The number of amides is 1. The fraction of sp³-hybridized carbons (Fsp3) is 0.320. The third-order valence-electron chi connectivity index (χ3n) is 4.31. The van der Waals surface area contributed by atoms with E-state index in [0.717, 1.165) is 18.9 Å². The minimum atomic E-state index is -0.782. The van der Waals surface area contributed by atoms with Crippen LogP contribution < -0.4 is 10.1 Å². The summed E-state index contributed by atoms with van der Waals surface area (Å²) in [6, 6.07) is 15.3. The Morgan fingerprint density at radius 3 is 2.16 bits per heavy atom. The van der Waals surface area contributed by atoms with Crippen molar-refractivity contribution < 1.29 is 28.6 Å². The maximum Gasteiger partial charge on any atom is 0.374 e. The van der Waals surface area contributed by atoms with Crippen LogP contribution in [-0.2, 0) is 19.1 Å². The predicted octanol–water partition coefficient (Wildman–Crippen LogP) is 4.89. The summed E-state index contributed by atoms with van der Waals surface area (Å²) in [5.74, 6) is -1.95. The molecule has 32 heavy (non-hydrogen) atoms. The summed E-state index contributed by atoms with van der Waals surface area (Å²) in [6.45, 7) is 4.39. The number of benzene rings is 2. The van der Waals surface area contributed by atoms with Gasteiger partial charge in [-0.3, -0.25) is 4.79 Å². The number of hydrogen-bond donors (Lipinski definition) is 1. The minimum absolute atomic E-state index is 0.192. The number of para-hydroxylation sites is 2. The number of rotatable bonds is 12. The Labute approximate surface area is 188 Å². The van der Waals surface area contributed by atoms with Gasteiger partial charge < -0.3 is 19.5 Å². The molecular formula is C25H29NO6. The lowest BCUT2D eigenvalue weighted by Gasteiger charge is -2.14. The van der Waals surface area contributed by atoms with E-state index in [2.05, 4.69) is 5.32 Å². The molecule has 1 N–H and O–H groups in total. The van der Waals surface area contributed by atoms with Gasteiger partial charge in [0.2, 0.25) is 5.76 Å². The monoisotopic (exact) mass is 439 g/mol. The van der Waals surface area contributed by atoms with Crippen molar-refractivity contribution in [2.45, 2.75) is 39.5 Å². The average molecular weight is 440 g/mol. The van der Waals surface area contributed by atoms with E-state index in [1.54, 1.807) is 48.5 Å². The summed E-state index contributed by atoms with van der Waals surface area (Å²) in [5.41, 5.74) is 0.810. The summed E-state index contributed by atoms with van der Waals surface area (Å²) in [6.07, 6.45) is 4.09. The van der Waals surface area contributed by atoms with Crippen LogP contribution in [0, 0.1) is 0 Å². The molecule has 0 saturated heterocycles. The lowest BCUT2D eigenvalue weighted by Crippen LogP contribution is -2.18. The Hall–Kier alpha value is -3.61. The van der Waals surface area contributed by atoms with E-state index in [0.29, 0.717) is 24.1 Å². The molecule has 170 valence electrons. The number of anilines is 1. The maximum absolute atomic E-state index is 12.5. The molecule has 0 bridgehead atoms. The van der Waals surface area contributed by atoms with E-state index < -0.39 is 11.9 Å². The number of carbonyl (C=O) groups is 3. The first-order chi connectivity index (χ1) is 15.5. The number of esters is 2. The Morgan fingerprint density at radius 2 is 1.47 bits per heavy atom. The molecule has 2 rings (SSSR count). The SMILES string of the molecule is CCCCOC(=O)/C=C(/Oc1ccccc1NC(=O)c1ccccc1)C(=O)OCCCC. The third kappa shape index (κ3) is 8.26. The maximum atomic E-state index is 12.5. The zero-order valence-corrected chi connectivity index (χ0v) is 18.5. The molecule has 0 aromatic heterocycles. The van der Waals surface area contributed by atoms with Crippen molar-refractivity contribution in [3.63, 3.8) is 0 Å². The van der Waals surface area contributed by atoms with E-state index in [1.165, 1.54) is 0 Å². The van der Waals surface area contributed by atoms with Gasteiger partial charge in [-0.25, -0.2) is 9.59 Å². The molecule has 0 fully saturated rings. The molecule has 0 aliphatic rings. The smallest absolute Gasteiger partial charge is 0.374 e. The average Bonchev–Trinajstić information content (AvgIpc) is 2.80. The first kappa shape index (κ1) is 24.7. The van der Waals surface area contributed by atoms with Crippen LogP contribution in [-0.4, -0.2) is 31.1 Å². The number of unbranched alkanes of at least 4 members (excludes halogenated alkanes) is 2. The van der Waals surface area contributed by atoms with Crippen LogP contribution in [0.2, 0.25) is 0 Å². The van der Waals surface area contributed by atoms with E-state index >= 15 is 0 Å².